The summed E-state index contributed by atoms with van der Waals surface area (Å²) in [6.45, 7) is 2.83. The number of rotatable bonds is 9. The van der Waals surface area contributed by atoms with Gasteiger partial charge in [0.1, 0.15) is 5.82 Å². The highest BCUT2D eigenvalue weighted by molar-refractivity contribution is 7.89. The minimum atomic E-state index is -3.75. The molecule has 0 aliphatic carbocycles. The van der Waals surface area contributed by atoms with Crippen molar-refractivity contribution in [3.05, 3.63) is 30.1 Å². The molecule has 1 aliphatic heterocycles. The van der Waals surface area contributed by atoms with Gasteiger partial charge in [0.05, 0.1) is 11.5 Å². The highest BCUT2D eigenvalue weighted by atomic mass is 35.5. The minimum Gasteiger partial charge on any atom is -0.384 e. The molecule has 1 heterocycles. The predicted molar refractivity (Wildman–Crippen MR) is 103 cm³/mol. The molecule has 0 unspecified atom stereocenters. The molecule has 10 heteroatoms. The maximum atomic E-state index is 12.9. The van der Waals surface area contributed by atoms with E-state index in [0.717, 1.165) is 38.1 Å². The van der Waals surface area contributed by atoms with Crippen LogP contribution in [0.3, 0.4) is 0 Å². The molecule has 27 heavy (non-hydrogen) atoms. The Kier molecular flexibility index (Phi) is 9.61. The first kappa shape index (κ1) is 23.8. The monoisotopic (exact) mass is 423 g/mol. The first-order valence-electron chi connectivity index (χ1n) is 8.58. The summed E-state index contributed by atoms with van der Waals surface area (Å²) in [6.07, 6.45) is 1.86. The smallest absolute Gasteiger partial charge is 0.240 e. The van der Waals surface area contributed by atoms with E-state index in [2.05, 4.69) is 15.4 Å². The van der Waals surface area contributed by atoms with Gasteiger partial charge in [-0.25, -0.2) is 17.5 Å². The highest BCUT2D eigenvalue weighted by Crippen LogP contribution is 2.28. The molecule has 0 atom stereocenters. The number of halogens is 2. The summed E-state index contributed by atoms with van der Waals surface area (Å²) in [5, 5.41) is 6.17. The number of carbonyl (C=O) groups excluding carboxylic acids is 1. The fourth-order valence-electron chi connectivity index (χ4n) is 3.01. The van der Waals surface area contributed by atoms with Crippen molar-refractivity contribution in [1.29, 1.82) is 0 Å². The van der Waals surface area contributed by atoms with Gasteiger partial charge in [0, 0.05) is 32.0 Å². The number of piperidine rings is 1. The SMILES string of the molecule is COCC1(CNC(=O)CCNS(=O)(=O)c2ccc(F)cc2)CCNCC1.Cl. The molecule has 1 amide bonds. The van der Waals surface area contributed by atoms with Crippen LogP contribution in [0.5, 0.6) is 0 Å². The van der Waals surface area contributed by atoms with Gasteiger partial charge in [-0.05, 0) is 50.2 Å². The van der Waals surface area contributed by atoms with Crippen molar-refractivity contribution in [1.82, 2.24) is 15.4 Å². The van der Waals surface area contributed by atoms with Crippen LogP contribution in [-0.4, -0.2) is 54.2 Å². The van der Waals surface area contributed by atoms with Gasteiger partial charge >= 0.3 is 0 Å². The number of amides is 1. The zero-order chi connectivity index (χ0) is 19.0. The fraction of sp³-hybridized carbons (Fsp3) is 0.588. The molecule has 1 aromatic rings. The molecular weight excluding hydrogens is 397 g/mol. The molecule has 0 saturated carbocycles. The molecule has 1 aliphatic rings. The van der Waals surface area contributed by atoms with Crippen molar-refractivity contribution < 1.29 is 22.3 Å². The van der Waals surface area contributed by atoms with E-state index in [1.165, 1.54) is 12.1 Å². The van der Waals surface area contributed by atoms with Crippen LogP contribution in [0.15, 0.2) is 29.2 Å². The van der Waals surface area contributed by atoms with Crippen LogP contribution < -0.4 is 15.4 Å². The molecular formula is C17H27ClFN3O4S. The average molecular weight is 424 g/mol. The zero-order valence-corrected chi connectivity index (χ0v) is 16.9. The minimum absolute atomic E-state index is 0. The summed E-state index contributed by atoms with van der Waals surface area (Å²) in [7, 11) is -2.11. The Hall–Kier alpha value is -1.26. The van der Waals surface area contributed by atoms with Crippen molar-refractivity contribution in [2.75, 3.05) is 39.9 Å². The second-order valence-corrected chi connectivity index (χ2v) is 8.33. The second kappa shape index (κ2) is 10.9. The van der Waals surface area contributed by atoms with E-state index in [1.807, 2.05) is 0 Å². The number of hydrogen-bond acceptors (Lipinski definition) is 5. The van der Waals surface area contributed by atoms with Crippen LogP contribution >= 0.6 is 12.4 Å². The number of methoxy groups -OCH3 is 1. The zero-order valence-electron chi connectivity index (χ0n) is 15.3. The molecule has 3 N–H and O–H groups in total. The van der Waals surface area contributed by atoms with Gasteiger partial charge in [-0.15, -0.1) is 12.4 Å². The molecule has 2 rings (SSSR count). The quantitative estimate of drug-likeness (QED) is 0.551. The molecule has 154 valence electrons. The third-order valence-electron chi connectivity index (χ3n) is 4.54. The summed E-state index contributed by atoms with van der Waals surface area (Å²) in [4.78, 5) is 12.0. The molecule has 0 radical (unpaired) electrons. The van der Waals surface area contributed by atoms with Crippen LogP contribution in [0.2, 0.25) is 0 Å². The number of ether oxygens (including phenoxy) is 1. The van der Waals surface area contributed by atoms with Gasteiger partial charge in [-0.1, -0.05) is 0 Å². The lowest BCUT2D eigenvalue weighted by Crippen LogP contribution is -2.47. The van der Waals surface area contributed by atoms with E-state index >= 15 is 0 Å². The Morgan fingerprint density at radius 3 is 2.48 bits per heavy atom. The molecule has 0 aromatic heterocycles. The Morgan fingerprint density at radius 1 is 1.26 bits per heavy atom. The predicted octanol–water partition coefficient (Wildman–Crippen LogP) is 1.05. The van der Waals surface area contributed by atoms with Crippen LogP contribution in [0.1, 0.15) is 19.3 Å². The Morgan fingerprint density at radius 2 is 1.89 bits per heavy atom. The molecule has 7 nitrogen and oxygen atoms in total. The first-order chi connectivity index (χ1) is 12.4. The summed E-state index contributed by atoms with van der Waals surface area (Å²) < 4.78 is 44.7. The van der Waals surface area contributed by atoms with Crippen molar-refractivity contribution in [3.8, 4) is 0 Å². The van der Waals surface area contributed by atoms with E-state index < -0.39 is 15.8 Å². The Bertz CT molecular complexity index is 689. The number of hydrogen-bond donors (Lipinski definition) is 3. The lowest BCUT2D eigenvalue weighted by Gasteiger charge is -2.37. The maximum absolute atomic E-state index is 12.9. The summed E-state index contributed by atoms with van der Waals surface area (Å²) in [5.41, 5.74) is -0.0801. The number of nitrogens with one attached hydrogen (secondary N) is 3. The fourth-order valence-corrected chi connectivity index (χ4v) is 4.04. The molecule has 1 aromatic carbocycles. The van der Waals surface area contributed by atoms with Crippen molar-refractivity contribution in [2.45, 2.75) is 24.2 Å². The van der Waals surface area contributed by atoms with Crippen LogP contribution in [0.4, 0.5) is 4.39 Å². The van der Waals surface area contributed by atoms with Crippen LogP contribution in [0, 0.1) is 11.2 Å². The molecule has 0 spiro atoms. The van der Waals surface area contributed by atoms with Crippen molar-refractivity contribution >= 4 is 28.3 Å². The molecule has 0 bridgehead atoms. The summed E-state index contributed by atoms with van der Waals surface area (Å²) in [5.74, 6) is -0.730. The normalized spacial score (nSPS) is 16.4. The molecule has 1 fully saturated rings. The topological polar surface area (TPSA) is 96.5 Å². The average Bonchev–Trinajstić information content (AvgIpc) is 2.61. The first-order valence-corrected chi connectivity index (χ1v) is 10.1. The molecule has 1 saturated heterocycles. The van der Waals surface area contributed by atoms with Gasteiger partial charge < -0.3 is 15.4 Å². The van der Waals surface area contributed by atoms with Gasteiger partial charge in [0.15, 0.2) is 0 Å². The third-order valence-corrected chi connectivity index (χ3v) is 6.02. The third kappa shape index (κ3) is 7.34. The van der Waals surface area contributed by atoms with Crippen molar-refractivity contribution in [3.63, 3.8) is 0 Å². The van der Waals surface area contributed by atoms with E-state index in [9.17, 15) is 17.6 Å². The highest BCUT2D eigenvalue weighted by Gasteiger charge is 2.32. The summed E-state index contributed by atoms with van der Waals surface area (Å²) in [6, 6.07) is 4.53. The number of sulfonamides is 1. The van der Waals surface area contributed by atoms with Crippen LogP contribution in [-0.2, 0) is 19.6 Å². The Labute approximate surface area is 165 Å². The van der Waals surface area contributed by atoms with E-state index in [4.69, 9.17) is 4.74 Å². The standard InChI is InChI=1S/C17H26FN3O4S.ClH/c1-25-13-17(7-10-19-11-8-17)12-20-16(22)6-9-21-26(23,24)15-4-2-14(18)3-5-15;/h2-5,19,21H,6-13H2,1H3,(H,20,22);1H. The maximum Gasteiger partial charge on any atom is 0.240 e. The summed E-state index contributed by atoms with van der Waals surface area (Å²) >= 11 is 0. The second-order valence-electron chi connectivity index (χ2n) is 6.56. The lowest BCUT2D eigenvalue weighted by molar-refractivity contribution is -0.121. The van der Waals surface area contributed by atoms with Gasteiger partial charge in [0.25, 0.3) is 0 Å². The van der Waals surface area contributed by atoms with Gasteiger partial charge in [-0.2, -0.15) is 0 Å². The van der Waals surface area contributed by atoms with Gasteiger partial charge in [-0.3, -0.25) is 4.79 Å². The van der Waals surface area contributed by atoms with Crippen LogP contribution in [0.25, 0.3) is 0 Å². The van der Waals surface area contributed by atoms with E-state index in [-0.39, 0.29) is 41.6 Å². The van der Waals surface area contributed by atoms with Crippen molar-refractivity contribution in [2.24, 2.45) is 5.41 Å². The number of carbonyl (C=O) groups is 1. The van der Waals surface area contributed by atoms with E-state index in [1.54, 1.807) is 7.11 Å². The Balaban J connectivity index is 0.00000364. The lowest BCUT2D eigenvalue weighted by atomic mass is 9.79. The number of benzene rings is 1. The largest absolute Gasteiger partial charge is 0.384 e. The van der Waals surface area contributed by atoms with Gasteiger partial charge in [0.2, 0.25) is 15.9 Å². The van der Waals surface area contributed by atoms with E-state index in [0.29, 0.717) is 13.2 Å².